The largest absolute Gasteiger partial charge is 0.481 e. The summed E-state index contributed by atoms with van der Waals surface area (Å²) in [5.74, 6) is 3.22. The average molecular weight is 583 g/mol. The highest BCUT2D eigenvalue weighted by molar-refractivity contribution is 6.03. The first kappa shape index (κ1) is 29.5. The Kier molecular flexibility index (Phi) is 7.57. The number of rotatable bonds is 5. The van der Waals surface area contributed by atoms with Crippen molar-refractivity contribution in [2.45, 2.75) is 117 Å². The van der Waals surface area contributed by atoms with E-state index >= 15 is 0 Å². The summed E-state index contributed by atoms with van der Waals surface area (Å²) in [6.07, 6.45) is 23.9. The van der Waals surface area contributed by atoms with Gasteiger partial charge < -0.3 is 5.11 Å². The molecule has 0 heterocycles. The van der Waals surface area contributed by atoms with Crippen molar-refractivity contribution < 1.29 is 14.7 Å². The minimum absolute atomic E-state index is 0.0572. The zero-order chi connectivity index (χ0) is 30.1. The first-order valence-electron chi connectivity index (χ1n) is 18.0. The average Bonchev–Trinajstić information content (AvgIpc) is 3.30. The summed E-state index contributed by atoms with van der Waals surface area (Å²) < 4.78 is 0. The molecule has 7 aliphatic rings. The van der Waals surface area contributed by atoms with Crippen LogP contribution in [-0.4, -0.2) is 16.9 Å². The van der Waals surface area contributed by atoms with Gasteiger partial charge in [-0.3, -0.25) is 9.59 Å². The van der Waals surface area contributed by atoms with Gasteiger partial charge in [-0.1, -0.05) is 67.5 Å². The Morgan fingerprint density at radius 2 is 1.51 bits per heavy atom. The number of carboxylic acids is 1. The molecule has 0 aromatic rings. The van der Waals surface area contributed by atoms with Crippen LogP contribution in [0.4, 0.5) is 0 Å². The summed E-state index contributed by atoms with van der Waals surface area (Å²) in [6.45, 7) is 13.6. The summed E-state index contributed by atoms with van der Waals surface area (Å²) >= 11 is 0. The normalized spacial score (nSPS) is 44.9. The fourth-order valence-corrected chi connectivity index (χ4v) is 12.6. The van der Waals surface area contributed by atoms with Gasteiger partial charge in [0.15, 0.2) is 5.78 Å². The molecule has 0 amide bonds. The highest BCUT2D eigenvalue weighted by atomic mass is 16.4. The van der Waals surface area contributed by atoms with Gasteiger partial charge in [0.25, 0.3) is 0 Å². The lowest BCUT2D eigenvalue weighted by molar-refractivity contribution is -0.158. The monoisotopic (exact) mass is 582 g/mol. The lowest BCUT2D eigenvalue weighted by Crippen LogP contribution is -2.51. The molecular weight excluding hydrogens is 528 g/mol. The van der Waals surface area contributed by atoms with Gasteiger partial charge in [-0.2, -0.15) is 0 Å². The van der Waals surface area contributed by atoms with E-state index in [9.17, 15) is 14.7 Å². The lowest BCUT2D eigenvalue weighted by Gasteiger charge is -2.55. The molecule has 0 aromatic carbocycles. The number of carboxylic acid groups (broad SMARTS) is 1. The number of allylic oxidation sites excluding steroid dienone is 8. The predicted octanol–water partition coefficient (Wildman–Crippen LogP) is 9.81. The Hall–Kier alpha value is -2.16. The van der Waals surface area contributed by atoms with Crippen molar-refractivity contribution in [3.63, 3.8) is 0 Å². The smallest absolute Gasteiger partial charge is 0.310 e. The Labute approximate surface area is 260 Å². The van der Waals surface area contributed by atoms with E-state index in [1.807, 2.05) is 0 Å². The fraction of sp³-hybridized carbons (Fsp3) is 0.700. The number of carbonyl (C=O) groups is 2. The second-order valence-corrected chi connectivity index (χ2v) is 15.8. The van der Waals surface area contributed by atoms with E-state index < -0.39 is 11.4 Å². The summed E-state index contributed by atoms with van der Waals surface area (Å²) in [4.78, 5) is 27.6. The quantitative estimate of drug-likeness (QED) is 0.259. The first-order valence-corrected chi connectivity index (χ1v) is 18.0. The van der Waals surface area contributed by atoms with E-state index in [1.54, 1.807) is 11.1 Å². The van der Waals surface area contributed by atoms with Gasteiger partial charge in [-0.15, -0.1) is 0 Å². The van der Waals surface area contributed by atoms with Gasteiger partial charge in [0.2, 0.25) is 0 Å². The molecule has 4 unspecified atom stereocenters. The van der Waals surface area contributed by atoms with Crippen molar-refractivity contribution in [2.75, 3.05) is 0 Å². The molecule has 0 spiro atoms. The number of ketones is 1. The van der Waals surface area contributed by atoms with Gasteiger partial charge in [0, 0.05) is 5.41 Å². The summed E-state index contributed by atoms with van der Waals surface area (Å²) in [6, 6.07) is 0. The summed E-state index contributed by atoms with van der Waals surface area (Å²) in [7, 11) is 0. The molecule has 10 atom stereocenters. The zero-order valence-electron chi connectivity index (χ0n) is 26.8. The van der Waals surface area contributed by atoms with Crippen LogP contribution >= 0.6 is 0 Å². The lowest BCUT2D eigenvalue weighted by atomic mass is 9.48. The van der Waals surface area contributed by atoms with Crippen LogP contribution in [-0.2, 0) is 9.59 Å². The van der Waals surface area contributed by atoms with E-state index in [0.717, 1.165) is 44.1 Å². The maximum Gasteiger partial charge on any atom is 0.310 e. The van der Waals surface area contributed by atoms with Crippen LogP contribution in [0.5, 0.6) is 0 Å². The fourth-order valence-electron chi connectivity index (χ4n) is 12.6. The first-order chi connectivity index (χ1) is 20.8. The molecule has 43 heavy (non-hydrogen) atoms. The topological polar surface area (TPSA) is 54.4 Å². The highest BCUT2D eigenvalue weighted by Crippen LogP contribution is 2.65. The van der Waals surface area contributed by atoms with Crippen molar-refractivity contribution in [1.29, 1.82) is 0 Å². The van der Waals surface area contributed by atoms with Crippen molar-refractivity contribution in [1.82, 2.24) is 0 Å². The Morgan fingerprint density at radius 1 is 0.907 bits per heavy atom. The van der Waals surface area contributed by atoms with Gasteiger partial charge in [0.1, 0.15) is 0 Å². The third-order valence-electron chi connectivity index (χ3n) is 14.5. The van der Waals surface area contributed by atoms with Crippen molar-refractivity contribution in [3.8, 4) is 0 Å². The molecular formula is C40H54O3. The molecule has 0 saturated heterocycles. The molecule has 0 radical (unpaired) electrons. The minimum Gasteiger partial charge on any atom is -0.481 e. The van der Waals surface area contributed by atoms with E-state index in [4.69, 9.17) is 0 Å². The van der Waals surface area contributed by atoms with Crippen LogP contribution in [0.2, 0.25) is 0 Å². The molecule has 7 aliphatic carbocycles. The Bertz CT molecular complexity index is 1310. The predicted molar refractivity (Wildman–Crippen MR) is 173 cm³/mol. The molecule has 1 N–H and O–H groups in total. The third kappa shape index (κ3) is 4.33. The molecule has 7 rings (SSSR count). The van der Waals surface area contributed by atoms with Crippen LogP contribution in [0.3, 0.4) is 0 Å². The third-order valence-corrected chi connectivity index (χ3v) is 14.5. The van der Waals surface area contributed by atoms with E-state index in [-0.39, 0.29) is 11.3 Å². The molecule has 3 heteroatoms. The number of hydrogen-bond acceptors (Lipinski definition) is 2. The second kappa shape index (κ2) is 11.0. The number of fused-ring (bicyclic) bond motifs is 8. The summed E-state index contributed by atoms with van der Waals surface area (Å²) in [5, 5.41) is 10.8. The molecule has 232 valence electrons. The summed E-state index contributed by atoms with van der Waals surface area (Å²) in [5.41, 5.74) is 5.76. The molecule has 0 aliphatic heterocycles. The van der Waals surface area contributed by atoms with Gasteiger partial charge in [0.05, 0.1) is 5.41 Å². The molecule has 0 bridgehead atoms. The van der Waals surface area contributed by atoms with Crippen LogP contribution in [0.15, 0.2) is 59.3 Å². The molecule has 5 fully saturated rings. The molecule has 3 nitrogen and oxygen atoms in total. The second-order valence-electron chi connectivity index (χ2n) is 15.8. The van der Waals surface area contributed by atoms with Crippen LogP contribution in [0, 0.1) is 58.2 Å². The standard InChI is InChI=1S/C40H54O3/c1-5-39-22-24(3)36-30-14-10-8-12-27(30)16-19-32(36)34(39)21-28(37(39)41)17-20-33-31-18-15-26-11-7-9-13-29(26)35(31)25(4)23-40(33,6-2)38(42)43/h11-12,17,29-36H,3-10,13-16,18-23H2,1-2H3,(H,42,43)/b28-17+/t29?,30-,31?,32-,33?,34-,35?,36+,39-,40-/m0/s1. The number of hydrogen-bond donors (Lipinski definition) is 1. The van der Waals surface area contributed by atoms with Crippen molar-refractivity contribution in [2.24, 2.45) is 58.2 Å². The Balaban J connectivity index is 1.21. The number of aliphatic carboxylic acids is 1. The van der Waals surface area contributed by atoms with E-state index in [2.05, 4.69) is 45.2 Å². The van der Waals surface area contributed by atoms with E-state index in [1.165, 1.54) is 62.5 Å². The zero-order valence-corrected chi connectivity index (χ0v) is 26.8. The maximum absolute atomic E-state index is 14.5. The van der Waals surface area contributed by atoms with E-state index in [0.29, 0.717) is 60.1 Å². The maximum atomic E-state index is 14.5. The van der Waals surface area contributed by atoms with Crippen molar-refractivity contribution >= 4 is 11.8 Å². The highest BCUT2D eigenvalue weighted by Gasteiger charge is 2.61. The number of carbonyl (C=O) groups excluding carboxylic acids is 1. The van der Waals surface area contributed by atoms with Crippen molar-refractivity contribution in [3.05, 3.63) is 59.3 Å². The van der Waals surface area contributed by atoms with Gasteiger partial charge in [-0.25, -0.2) is 0 Å². The van der Waals surface area contributed by atoms with Gasteiger partial charge in [-0.05, 0) is 156 Å². The SMILES string of the molecule is C=C1C[C@](CC)(C(=O)O)C(C/C=C2\C[C@H]3[C@@H]4CCC5=CCCC[C@@H]5[C@H]4C(=C)C[C@]3(CC)C2=O)C2CCC3=CCCCC3C12. The molecule has 0 aromatic heterocycles. The van der Waals surface area contributed by atoms with Crippen LogP contribution < -0.4 is 0 Å². The molecule has 5 saturated carbocycles. The van der Waals surface area contributed by atoms with Gasteiger partial charge >= 0.3 is 5.97 Å². The van der Waals surface area contributed by atoms with Crippen LogP contribution in [0.1, 0.15) is 117 Å². The Morgan fingerprint density at radius 3 is 2.12 bits per heavy atom. The minimum atomic E-state index is -0.783. The van der Waals surface area contributed by atoms with Crippen LogP contribution in [0.25, 0.3) is 0 Å². The number of Topliss-reactive ketones (excluding diaryl/α,β-unsaturated/α-hetero) is 1.